The van der Waals surface area contributed by atoms with E-state index in [0.717, 1.165) is 18.9 Å². The van der Waals surface area contributed by atoms with E-state index < -0.39 is 0 Å². The Bertz CT molecular complexity index is 115. The number of hydrogen-bond donors (Lipinski definition) is 2. The van der Waals surface area contributed by atoms with Gasteiger partial charge in [0.05, 0.1) is 0 Å². The zero-order valence-corrected chi connectivity index (χ0v) is 8.57. The molecule has 1 aliphatic heterocycles. The average molecular weight is 189 g/mol. The van der Waals surface area contributed by atoms with E-state index in [4.69, 9.17) is 5.11 Å². The summed E-state index contributed by atoms with van der Waals surface area (Å²) in [6, 6.07) is 1.30. The highest BCUT2D eigenvalue weighted by Gasteiger charge is 2.16. The highest BCUT2D eigenvalue weighted by Crippen LogP contribution is 2.17. The van der Waals surface area contributed by atoms with Gasteiger partial charge in [-0.1, -0.05) is 0 Å². The predicted molar refractivity (Wildman–Crippen MR) is 54.6 cm³/mol. The number of aliphatic hydroxyl groups excluding tert-OH is 1. The monoisotopic (exact) mass is 189 g/mol. The summed E-state index contributed by atoms with van der Waals surface area (Å²) in [7, 11) is 0. The molecule has 1 aliphatic rings. The summed E-state index contributed by atoms with van der Waals surface area (Å²) < 4.78 is 0. The zero-order valence-electron chi connectivity index (χ0n) is 7.75. The van der Waals surface area contributed by atoms with Gasteiger partial charge in [0.15, 0.2) is 0 Å². The number of nitrogens with one attached hydrogen (secondary N) is 1. The second-order valence-electron chi connectivity index (χ2n) is 3.49. The molecule has 0 radical (unpaired) electrons. The van der Waals surface area contributed by atoms with Crippen molar-refractivity contribution in [2.75, 3.05) is 18.1 Å². The minimum Gasteiger partial charge on any atom is -0.396 e. The van der Waals surface area contributed by atoms with Gasteiger partial charge in [-0.2, -0.15) is 11.8 Å². The first-order valence-corrected chi connectivity index (χ1v) is 5.93. The van der Waals surface area contributed by atoms with E-state index in [9.17, 15) is 0 Å². The molecule has 0 aromatic carbocycles. The summed E-state index contributed by atoms with van der Waals surface area (Å²) in [6.07, 6.45) is 3.33. The molecule has 12 heavy (non-hydrogen) atoms. The highest BCUT2D eigenvalue weighted by atomic mass is 32.2. The van der Waals surface area contributed by atoms with Gasteiger partial charge in [0, 0.05) is 24.4 Å². The number of rotatable bonds is 5. The maximum absolute atomic E-state index is 8.64. The van der Waals surface area contributed by atoms with E-state index in [-0.39, 0.29) is 0 Å². The molecule has 1 rings (SSSR count). The molecule has 0 saturated carbocycles. The maximum Gasteiger partial charge on any atom is 0.0431 e. The van der Waals surface area contributed by atoms with Gasteiger partial charge in [0.2, 0.25) is 0 Å². The molecular weight excluding hydrogens is 170 g/mol. The van der Waals surface area contributed by atoms with Gasteiger partial charge in [-0.3, -0.25) is 0 Å². The Hall–Kier alpha value is 0.270. The van der Waals surface area contributed by atoms with Crippen LogP contribution in [0.1, 0.15) is 26.2 Å². The molecule has 1 saturated heterocycles. The Morgan fingerprint density at radius 1 is 1.67 bits per heavy atom. The van der Waals surface area contributed by atoms with E-state index >= 15 is 0 Å². The van der Waals surface area contributed by atoms with Crippen LogP contribution in [0, 0.1) is 0 Å². The first kappa shape index (κ1) is 10.4. The van der Waals surface area contributed by atoms with Gasteiger partial charge in [-0.15, -0.1) is 0 Å². The molecule has 0 spiro atoms. The van der Waals surface area contributed by atoms with Crippen LogP contribution in [0.2, 0.25) is 0 Å². The summed E-state index contributed by atoms with van der Waals surface area (Å²) in [5.74, 6) is 2.58. The fourth-order valence-electron chi connectivity index (χ4n) is 1.55. The molecule has 1 fully saturated rings. The van der Waals surface area contributed by atoms with Gasteiger partial charge in [0.1, 0.15) is 0 Å². The fourth-order valence-corrected chi connectivity index (χ4v) is 2.71. The van der Waals surface area contributed by atoms with Gasteiger partial charge in [0.25, 0.3) is 0 Å². The number of aliphatic hydroxyl groups is 1. The van der Waals surface area contributed by atoms with Crippen LogP contribution in [0.25, 0.3) is 0 Å². The lowest BCUT2D eigenvalue weighted by Gasteiger charge is -2.17. The largest absolute Gasteiger partial charge is 0.396 e. The lowest BCUT2D eigenvalue weighted by Crippen LogP contribution is -2.36. The van der Waals surface area contributed by atoms with Crippen LogP contribution < -0.4 is 5.32 Å². The SMILES string of the molecule is C[C@@H](CCCO)N[C@H]1CCSC1. The summed E-state index contributed by atoms with van der Waals surface area (Å²) in [4.78, 5) is 0. The van der Waals surface area contributed by atoms with Crippen molar-refractivity contribution in [1.82, 2.24) is 5.32 Å². The van der Waals surface area contributed by atoms with E-state index in [1.807, 2.05) is 11.8 Å². The summed E-state index contributed by atoms with van der Waals surface area (Å²) in [6.45, 7) is 2.53. The molecule has 2 atom stereocenters. The normalized spacial score (nSPS) is 26.0. The van der Waals surface area contributed by atoms with Crippen LogP contribution in [0.4, 0.5) is 0 Å². The van der Waals surface area contributed by atoms with E-state index in [1.54, 1.807) is 0 Å². The molecule has 3 heteroatoms. The molecule has 1 heterocycles. The van der Waals surface area contributed by atoms with Crippen molar-refractivity contribution < 1.29 is 5.11 Å². The van der Waals surface area contributed by atoms with Crippen LogP contribution in [0.15, 0.2) is 0 Å². The first-order chi connectivity index (χ1) is 5.83. The molecular formula is C9H19NOS. The molecule has 0 aromatic heterocycles. The van der Waals surface area contributed by atoms with E-state index in [0.29, 0.717) is 12.6 Å². The molecule has 0 aliphatic carbocycles. The van der Waals surface area contributed by atoms with Crippen LogP contribution in [-0.4, -0.2) is 35.3 Å². The van der Waals surface area contributed by atoms with E-state index in [1.165, 1.54) is 17.9 Å². The Morgan fingerprint density at radius 3 is 3.08 bits per heavy atom. The van der Waals surface area contributed by atoms with Gasteiger partial charge in [-0.25, -0.2) is 0 Å². The number of hydrogen-bond acceptors (Lipinski definition) is 3. The second kappa shape index (κ2) is 5.84. The summed E-state index contributed by atoms with van der Waals surface area (Å²) in [5, 5.41) is 12.2. The summed E-state index contributed by atoms with van der Waals surface area (Å²) >= 11 is 2.04. The smallest absolute Gasteiger partial charge is 0.0431 e. The minimum atomic E-state index is 0.325. The highest BCUT2D eigenvalue weighted by molar-refractivity contribution is 7.99. The molecule has 0 bridgehead atoms. The van der Waals surface area contributed by atoms with Crippen LogP contribution in [0.3, 0.4) is 0 Å². The molecule has 0 amide bonds. The van der Waals surface area contributed by atoms with Crippen molar-refractivity contribution in [1.29, 1.82) is 0 Å². The fraction of sp³-hybridized carbons (Fsp3) is 1.00. The lowest BCUT2D eigenvalue weighted by molar-refractivity contribution is 0.274. The van der Waals surface area contributed by atoms with Gasteiger partial charge < -0.3 is 10.4 Å². The Labute approximate surface area is 79.1 Å². The second-order valence-corrected chi connectivity index (χ2v) is 4.64. The Kier molecular flexibility index (Phi) is 5.04. The minimum absolute atomic E-state index is 0.325. The predicted octanol–water partition coefficient (Wildman–Crippen LogP) is 1.24. The van der Waals surface area contributed by atoms with Crippen molar-refractivity contribution in [3.05, 3.63) is 0 Å². The van der Waals surface area contributed by atoms with Gasteiger partial charge in [-0.05, 0) is 31.9 Å². The topological polar surface area (TPSA) is 32.3 Å². The van der Waals surface area contributed by atoms with Gasteiger partial charge >= 0.3 is 0 Å². The van der Waals surface area contributed by atoms with Crippen LogP contribution in [-0.2, 0) is 0 Å². The van der Waals surface area contributed by atoms with Crippen molar-refractivity contribution in [2.45, 2.75) is 38.3 Å². The molecule has 2 N–H and O–H groups in total. The third-order valence-electron chi connectivity index (χ3n) is 2.25. The number of thioether (sulfide) groups is 1. The zero-order chi connectivity index (χ0) is 8.81. The van der Waals surface area contributed by atoms with E-state index in [2.05, 4.69) is 12.2 Å². The van der Waals surface area contributed by atoms with Crippen LogP contribution in [0.5, 0.6) is 0 Å². The molecule has 0 aromatic rings. The van der Waals surface area contributed by atoms with Crippen molar-refractivity contribution in [3.63, 3.8) is 0 Å². The Balaban J connectivity index is 2.03. The maximum atomic E-state index is 8.64. The van der Waals surface area contributed by atoms with Crippen molar-refractivity contribution in [2.24, 2.45) is 0 Å². The molecule has 2 nitrogen and oxygen atoms in total. The quantitative estimate of drug-likeness (QED) is 0.682. The van der Waals surface area contributed by atoms with Crippen molar-refractivity contribution in [3.8, 4) is 0 Å². The average Bonchev–Trinajstić information content (AvgIpc) is 2.53. The lowest BCUT2D eigenvalue weighted by atomic mass is 10.1. The molecule has 72 valence electrons. The van der Waals surface area contributed by atoms with Crippen molar-refractivity contribution >= 4 is 11.8 Å². The molecule has 0 unspecified atom stereocenters. The van der Waals surface area contributed by atoms with Crippen LogP contribution >= 0.6 is 11.8 Å². The first-order valence-electron chi connectivity index (χ1n) is 4.77. The third kappa shape index (κ3) is 3.78. The third-order valence-corrected chi connectivity index (χ3v) is 3.41. The Morgan fingerprint density at radius 2 is 2.50 bits per heavy atom. The summed E-state index contributed by atoms with van der Waals surface area (Å²) in [5.41, 5.74) is 0. The standard InChI is InChI=1S/C9H19NOS/c1-8(3-2-5-11)10-9-4-6-12-7-9/h8-11H,2-7H2,1H3/t8-,9-/m0/s1.